The number of benzene rings is 2. The highest BCUT2D eigenvalue weighted by molar-refractivity contribution is 5.99. The Morgan fingerprint density at radius 1 is 1.00 bits per heavy atom. The number of likely N-dealkylation sites (N-methyl/N-ethyl adjacent to an activating group) is 1. The van der Waals surface area contributed by atoms with Gasteiger partial charge < -0.3 is 9.47 Å². The summed E-state index contributed by atoms with van der Waals surface area (Å²) < 4.78 is 26.8. The predicted octanol–water partition coefficient (Wildman–Crippen LogP) is 3.22. The molecule has 0 N–H and O–H groups in total. The highest BCUT2D eigenvalue weighted by atomic mass is 19.1. The Labute approximate surface area is 141 Å². The molecule has 0 saturated heterocycles. The highest BCUT2D eigenvalue weighted by Crippen LogP contribution is 2.35. The van der Waals surface area contributed by atoms with E-state index in [1.807, 2.05) is 12.1 Å². The van der Waals surface area contributed by atoms with Crippen molar-refractivity contribution in [3.63, 3.8) is 0 Å². The van der Waals surface area contributed by atoms with Crippen LogP contribution in [0.25, 0.3) is 0 Å². The fourth-order valence-corrected chi connectivity index (χ4v) is 3.47. The number of nitrogens with zero attached hydrogens (tertiary/aromatic N) is 1. The molecule has 0 bridgehead atoms. The van der Waals surface area contributed by atoms with Gasteiger partial charge in [0, 0.05) is 18.4 Å². The molecule has 4 rings (SSSR count). The van der Waals surface area contributed by atoms with Gasteiger partial charge in [0.25, 0.3) is 0 Å². The summed E-state index contributed by atoms with van der Waals surface area (Å²) in [5.41, 5.74) is 5.06. The molecule has 0 amide bonds. The molecular weight excluding hydrogens is 305 g/mol. The van der Waals surface area contributed by atoms with Crippen molar-refractivity contribution in [2.24, 2.45) is 0 Å². The Hall–Kier alpha value is -2.36. The van der Waals surface area contributed by atoms with Gasteiger partial charge in [-0.3, -0.25) is 0 Å². The maximum absolute atomic E-state index is 13.1. The maximum Gasteiger partial charge on any atom is 0.183 e. The van der Waals surface area contributed by atoms with Crippen LogP contribution in [0, 0.1) is 5.82 Å². The smallest absolute Gasteiger partial charge is 0.183 e. The first-order valence-corrected chi connectivity index (χ1v) is 8.45. The summed E-state index contributed by atoms with van der Waals surface area (Å²) in [6.45, 7) is 2.23. The van der Waals surface area contributed by atoms with Gasteiger partial charge in [-0.25, -0.2) is 8.97 Å². The predicted molar refractivity (Wildman–Crippen MR) is 91.0 cm³/mol. The average molecular weight is 326 g/mol. The first-order valence-electron chi connectivity index (χ1n) is 8.45. The molecule has 24 heavy (non-hydrogen) atoms. The van der Waals surface area contributed by atoms with E-state index in [-0.39, 0.29) is 5.82 Å². The molecule has 0 unspecified atom stereocenters. The molecule has 2 aromatic carbocycles. The van der Waals surface area contributed by atoms with E-state index in [4.69, 9.17) is 9.47 Å². The van der Waals surface area contributed by atoms with Crippen molar-refractivity contribution >= 4 is 5.71 Å². The van der Waals surface area contributed by atoms with E-state index in [1.54, 1.807) is 0 Å². The fraction of sp³-hybridized carbons (Fsp3) is 0.350. The monoisotopic (exact) mass is 326 g/mol. The molecule has 0 fully saturated rings. The van der Waals surface area contributed by atoms with Crippen molar-refractivity contribution in [3.8, 4) is 11.5 Å². The summed E-state index contributed by atoms with van der Waals surface area (Å²) in [5, 5.41) is 0. The van der Waals surface area contributed by atoms with Crippen molar-refractivity contribution in [1.82, 2.24) is 0 Å². The molecule has 0 radical (unpaired) electrons. The molecule has 2 aromatic rings. The van der Waals surface area contributed by atoms with E-state index in [0.29, 0.717) is 13.2 Å². The van der Waals surface area contributed by atoms with Crippen molar-refractivity contribution in [2.75, 3.05) is 26.8 Å². The summed E-state index contributed by atoms with van der Waals surface area (Å²) in [6.07, 6.45) is 2.84. The number of aryl methyl sites for hydroxylation is 1. The number of hydrogen-bond acceptors (Lipinski definition) is 2. The van der Waals surface area contributed by atoms with Gasteiger partial charge >= 0.3 is 0 Å². The second-order valence-electron chi connectivity index (χ2n) is 6.40. The third-order valence-electron chi connectivity index (χ3n) is 4.82. The Morgan fingerprint density at radius 3 is 2.46 bits per heavy atom. The lowest BCUT2D eigenvalue weighted by molar-refractivity contribution is -0.499. The molecule has 0 aliphatic carbocycles. The average Bonchev–Trinajstić information content (AvgIpc) is 2.61. The van der Waals surface area contributed by atoms with Crippen molar-refractivity contribution < 1.29 is 18.4 Å². The van der Waals surface area contributed by atoms with Gasteiger partial charge in [0.05, 0.1) is 0 Å². The Bertz CT molecular complexity index is 796. The van der Waals surface area contributed by atoms with Crippen LogP contribution in [-0.4, -0.2) is 37.1 Å². The molecule has 2 aliphatic heterocycles. The second-order valence-corrected chi connectivity index (χ2v) is 6.40. The molecule has 4 heteroatoms. The van der Waals surface area contributed by atoms with Crippen LogP contribution in [-0.2, 0) is 12.8 Å². The minimum absolute atomic E-state index is 0.185. The quantitative estimate of drug-likeness (QED) is 0.808. The van der Waals surface area contributed by atoms with E-state index in [2.05, 4.69) is 23.8 Å². The zero-order chi connectivity index (χ0) is 16.5. The lowest BCUT2D eigenvalue weighted by Gasteiger charge is -2.23. The molecule has 124 valence electrons. The summed E-state index contributed by atoms with van der Waals surface area (Å²) >= 11 is 0. The third-order valence-corrected chi connectivity index (χ3v) is 4.82. The molecule has 2 aliphatic rings. The van der Waals surface area contributed by atoms with E-state index < -0.39 is 0 Å². The molecule has 0 aromatic heterocycles. The van der Waals surface area contributed by atoms with E-state index in [0.717, 1.165) is 42.9 Å². The molecular formula is C20H21FNO2+. The number of fused-ring (bicyclic) bond motifs is 2. The molecule has 2 heterocycles. The highest BCUT2D eigenvalue weighted by Gasteiger charge is 2.26. The van der Waals surface area contributed by atoms with Crippen LogP contribution < -0.4 is 9.47 Å². The van der Waals surface area contributed by atoms with Gasteiger partial charge in [0.2, 0.25) is 0 Å². The van der Waals surface area contributed by atoms with Gasteiger partial charge in [-0.15, -0.1) is 0 Å². The summed E-state index contributed by atoms with van der Waals surface area (Å²) in [6, 6.07) is 11.0. The van der Waals surface area contributed by atoms with Gasteiger partial charge in [-0.1, -0.05) is 12.1 Å². The van der Waals surface area contributed by atoms with Gasteiger partial charge in [-0.2, -0.15) is 0 Å². The molecule has 0 spiro atoms. The lowest BCUT2D eigenvalue weighted by atomic mass is 9.92. The normalized spacial score (nSPS) is 16.1. The topological polar surface area (TPSA) is 21.5 Å². The van der Waals surface area contributed by atoms with Crippen LogP contribution in [0.4, 0.5) is 4.39 Å². The maximum atomic E-state index is 13.1. The van der Waals surface area contributed by atoms with E-state index in [1.165, 1.54) is 29.0 Å². The SMILES string of the molecule is C[N+]1=C(CCc2ccc(F)cc2)c2cc3c(cc2CC1)OCCO3. The summed E-state index contributed by atoms with van der Waals surface area (Å²) in [4.78, 5) is 0. The number of ether oxygens (including phenoxy) is 2. The zero-order valence-electron chi connectivity index (χ0n) is 13.8. The van der Waals surface area contributed by atoms with Crippen molar-refractivity contribution in [1.29, 1.82) is 0 Å². The van der Waals surface area contributed by atoms with Crippen molar-refractivity contribution in [3.05, 3.63) is 58.9 Å². The van der Waals surface area contributed by atoms with Crippen LogP contribution in [0.5, 0.6) is 11.5 Å². The Morgan fingerprint density at radius 2 is 1.71 bits per heavy atom. The van der Waals surface area contributed by atoms with Crippen LogP contribution in [0.2, 0.25) is 0 Å². The first-order chi connectivity index (χ1) is 11.7. The van der Waals surface area contributed by atoms with Crippen LogP contribution in [0.3, 0.4) is 0 Å². The molecule has 0 atom stereocenters. The summed E-state index contributed by atoms with van der Waals surface area (Å²) in [5.74, 6) is 1.52. The number of hydrogen-bond donors (Lipinski definition) is 0. The fourth-order valence-electron chi connectivity index (χ4n) is 3.47. The van der Waals surface area contributed by atoms with Crippen LogP contribution >= 0.6 is 0 Å². The second kappa shape index (κ2) is 6.27. The minimum Gasteiger partial charge on any atom is -0.486 e. The first kappa shape index (κ1) is 15.2. The molecule has 3 nitrogen and oxygen atoms in total. The molecule has 0 saturated carbocycles. The summed E-state index contributed by atoms with van der Waals surface area (Å²) in [7, 11) is 2.14. The zero-order valence-corrected chi connectivity index (χ0v) is 13.8. The lowest BCUT2D eigenvalue weighted by Crippen LogP contribution is -2.28. The minimum atomic E-state index is -0.185. The van der Waals surface area contributed by atoms with Crippen molar-refractivity contribution in [2.45, 2.75) is 19.3 Å². The Balaban J connectivity index is 1.62. The third kappa shape index (κ3) is 2.88. The van der Waals surface area contributed by atoms with Gasteiger partial charge in [-0.05, 0) is 41.8 Å². The number of halogens is 1. The van der Waals surface area contributed by atoms with Gasteiger partial charge in [0.15, 0.2) is 17.2 Å². The largest absolute Gasteiger partial charge is 0.486 e. The van der Waals surface area contributed by atoms with Crippen LogP contribution in [0.15, 0.2) is 36.4 Å². The van der Waals surface area contributed by atoms with Gasteiger partial charge in [0.1, 0.15) is 32.6 Å². The van der Waals surface area contributed by atoms with E-state index >= 15 is 0 Å². The number of rotatable bonds is 3. The van der Waals surface area contributed by atoms with Crippen LogP contribution in [0.1, 0.15) is 23.1 Å². The Kier molecular flexibility index (Phi) is 3.97. The van der Waals surface area contributed by atoms with E-state index in [9.17, 15) is 4.39 Å². The standard InChI is InChI=1S/C20H21FNO2/c1-22-9-8-15-12-19-20(24-11-10-23-19)13-17(15)18(22)7-4-14-2-5-16(21)6-3-14/h2-3,5-6,12-13H,4,7-11H2,1H3/q+1.